The zero-order valence-corrected chi connectivity index (χ0v) is 11.3. The summed E-state index contributed by atoms with van der Waals surface area (Å²) in [6.07, 6.45) is 0.957. The molecule has 4 nitrogen and oxygen atoms in total. The molecule has 1 fully saturated rings. The summed E-state index contributed by atoms with van der Waals surface area (Å²) in [5.74, 6) is -0.796. The van der Waals surface area contributed by atoms with Gasteiger partial charge in [-0.3, -0.25) is 9.59 Å². The number of esters is 1. The van der Waals surface area contributed by atoms with Crippen LogP contribution in [0.5, 0.6) is 0 Å². The minimum atomic E-state index is -0.700. The van der Waals surface area contributed by atoms with Crippen LogP contribution in [-0.4, -0.2) is 24.0 Å². The van der Waals surface area contributed by atoms with E-state index in [0.717, 1.165) is 6.42 Å². The molecule has 1 aromatic rings. The van der Waals surface area contributed by atoms with E-state index >= 15 is 0 Å². The van der Waals surface area contributed by atoms with Crippen molar-refractivity contribution in [1.82, 2.24) is 5.32 Å². The minimum Gasteiger partial charge on any atom is -0.459 e. The highest BCUT2D eigenvalue weighted by Crippen LogP contribution is 2.32. The second kappa shape index (κ2) is 5.43. The van der Waals surface area contributed by atoms with Crippen LogP contribution in [-0.2, 0) is 20.7 Å². The van der Waals surface area contributed by atoms with Crippen LogP contribution in [0.25, 0.3) is 0 Å². The first-order valence-electron chi connectivity index (χ1n) is 6.52. The zero-order valence-electron chi connectivity index (χ0n) is 11.3. The molecular formula is C15H19NO3. The third-order valence-corrected chi connectivity index (χ3v) is 3.46. The van der Waals surface area contributed by atoms with E-state index in [1.807, 2.05) is 30.3 Å². The monoisotopic (exact) mass is 261 g/mol. The minimum absolute atomic E-state index is 0.105. The van der Waals surface area contributed by atoms with Gasteiger partial charge in [0.2, 0.25) is 5.91 Å². The van der Waals surface area contributed by atoms with Gasteiger partial charge in [0.1, 0.15) is 5.60 Å². The SMILES string of the molecule is CC1(C)OC(=O)CC1C(=O)NCCc1ccccc1. The smallest absolute Gasteiger partial charge is 0.307 e. The van der Waals surface area contributed by atoms with Gasteiger partial charge in [-0.05, 0) is 25.8 Å². The van der Waals surface area contributed by atoms with Gasteiger partial charge in [0.05, 0.1) is 12.3 Å². The van der Waals surface area contributed by atoms with Crippen LogP contribution in [0.2, 0.25) is 0 Å². The molecule has 1 saturated heterocycles. The first-order chi connectivity index (χ1) is 8.99. The summed E-state index contributed by atoms with van der Waals surface area (Å²) in [6.45, 7) is 4.13. The first-order valence-corrected chi connectivity index (χ1v) is 6.52. The second-order valence-electron chi connectivity index (χ2n) is 5.36. The lowest BCUT2D eigenvalue weighted by Gasteiger charge is -2.23. The lowest BCUT2D eigenvalue weighted by molar-refractivity contribution is -0.147. The van der Waals surface area contributed by atoms with Crippen LogP contribution in [0.1, 0.15) is 25.8 Å². The molecule has 1 aliphatic rings. The molecule has 2 rings (SSSR count). The standard InChI is InChI=1S/C15H19NO3/c1-15(2)12(10-13(17)19-15)14(18)16-9-8-11-6-4-3-5-7-11/h3-7,12H,8-10H2,1-2H3,(H,16,18). The van der Waals surface area contributed by atoms with Crippen molar-refractivity contribution in [2.75, 3.05) is 6.54 Å². The fourth-order valence-corrected chi connectivity index (χ4v) is 2.32. The number of nitrogens with one attached hydrogen (secondary N) is 1. The number of rotatable bonds is 4. The average Bonchev–Trinajstić information content (AvgIpc) is 2.64. The van der Waals surface area contributed by atoms with Gasteiger partial charge in [-0.2, -0.15) is 0 Å². The molecule has 0 aliphatic carbocycles. The highest BCUT2D eigenvalue weighted by Gasteiger charge is 2.45. The van der Waals surface area contributed by atoms with Gasteiger partial charge in [0, 0.05) is 6.54 Å². The highest BCUT2D eigenvalue weighted by atomic mass is 16.6. The van der Waals surface area contributed by atoms with Crippen LogP contribution in [0.4, 0.5) is 0 Å². The predicted octanol–water partition coefficient (Wildman–Crippen LogP) is 1.69. The Kier molecular flexibility index (Phi) is 3.88. The molecule has 1 N–H and O–H groups in total. The van der Waals surface area contributed by atoms with Gasteiger partial charge >= 0.3 is 5.97 Å². The lowest BCUT2D eigenvalue weighted by Crippen LogP contribution is -2.41. The van der Waals surface area contributed by atoms with Crippen LogP contribution in [0, 0.1) is 5.92 Å². The number of carbonyl (C=O) groups is 2. The molecule has 1 unspecified atom stereocenters. The van der Waals surface area contributed by atoms with Crippen molar-refractivity contribution in [3.63, 3.8) is 0 Å². The van der Waals surface area contributed by atoms with Crippen molar-refractivity contribution in [3.05, 3.63) is 35.9 Å². The topological polar surface area (TPSA) is 55.4 Å². The zero-order chi connectivity index (χ0) is 13.9. The van der Waals surface area contributed by atoms with Gasteiger partial charge in [0.15, 0.2) is 0 Å². The maximum Gasteiger partial charge on any atom is 0.307 e. The fraction of sp³-hybridized carbons (Fsp3) is 0.467. The first kappa shape index (κ1) is 13.6. The summed E-state index contributed by atoms with van der Waals surface area (Å²) >= 11 is 0. The molecular weight excluding hydrogens is 242 g/mol. The van der Waals surface area contributed by atoms with Crippen LogP contribution >= 0.6 is 0 Å². The number of amides is 1. The van der Waals surface area contributed by atoms with E-state index in [1.165, 1.54) is 5.56 Å². The van der Waals surface area contributed by atoms with E-state index in [-0.39, 0.29) is 18.3 Å². The lowest BCUT2D eigenvalue weighted by atomic mass is 9.90. The third-order valence-electron chi connectivity index (χ3n) is 3.46. The van der Waals surface area contributed by atoms with Gasteiger partial charge < -0.3 is 10.1 Å². The molecule has 1 aromatic carbocycles. The summed E-state index contributed by atoms with van der Waals surface area (Å²) in [5, 5.41) is 2.88. The van der Waals surface area contributed by atoms with Crippen molar-refractivity contribution < 1.29 is 14.3 Å². The van der Waals surface area contributed by atoms with Crippen molar-refractivity contribution in [3.8, 4) is 0 Å². The quantitative estimate of drug-likeness (QED) is 0.839. The van der Waals surface area contributed by atoms with Crippen molar-refractivity contribution in [1.29, 1.82) is 0 Å². The Hall–Kier alpha value is -1.84. The van der Waals surface area contributed by atoms with E-state index in [2.05, 4.69) is 5.32 Å². The van der Waals surface area contributed by atoms with E-state index in [1.54, 1.807) is 13.8 Å². The highest BCUT2D eigenvalue weighted by molar-refractivity contribution is 5.87. The summed E-state index contributed by atoms with van der Waals surface area (Å²) in [7, 11) is 0. The molecule has 0 bridgehead atoms. The maximum atomic E-state index is 12.1. The van der Waals surface area contributed by atoms with Gasteiger partial charge in [0.25, 0.3) is 0 Å². The Labute approximate surface area is 113 Å². The second-order valence-corrected chi connectivity index (χ2v) is 5.36. The number of ether oxygens (including phenoxy) is 1. The molecule has 0 spiro atoms. The summed E-state index contributed by atoms with van der Waals surface area (Å²) in [5.41, 5.74) is 0.481. The number of carbonyl (C=O) groups excluding carboxylic acids is 2. The van der Waals surface area contributed by atoms with Gasteiger partial charge in [-0.25, -0.2) is 0 Å². The summed E-state index contributed by atoms with van der Waals surface area (Å²) in [4.78, 5) is 23.3. The molecule has 0 aromatic heterocycles. The molecule has 19 heavy (non-hydrogen) atoms. The van der Waals surface area contributed by atoms with Crippen molar-refractivity contribution in [2.45, 2.75) is 32.3 Å². The number of cyclic esters (lactones) is 1. The normalized spacial score (nSPS) is 20.9. The molecule has 102 valence electrons. The largest absolute Gasteiger partial charge is 0.459 e. The van der Waals surface area contributed by atoms with Crippen molar-refractivity contribution >= 4 is 11.9 Å². The van der Waals surface area contributed by atoms with E-state index in [0.29, 0.717) is 6.54 Å². The molecule has 1 aliphatic heterocycles. The van der Waals surface area contributed by atoms with Crippen LogP contribution < -0.4 is 5.32 Å². The predicted molar refractivity (Wildman–Crippen MR) is 71.4 cm³/mol. The van der Waals surface area contributed by atoms with Crippen LogP contribution in [0.15, 0.2) is 30.3 Å². The fourth-order valence-electron chi connectivity index (χ4n) is 2.32. The van der Waals surface area contributed by atoms with Crippen LogP contribution in [0.3, 0.4) is 0 Å². The molecule has 4 heteroatoms. The molecule has 0 radical (unpaired) electrons. The Morgan fingerprint density at radius 3 is 2.63 bits per heavy atom. The third kappa shape index (κ3) is 3.34. The number of hydrogen-bond acceptors (Lipinski definition) is 3. The number of benzene rings is 1. The van der Waals surface area contributed by atoms with E-state index < -0.39 is 11.5 Å². The van der Waals surface area contributed by atoms with Gasteiger partial charge in [-0.1, -0.05) is 30.3 Å². The average molecular weight is 261 g/mol. The summed E-state index contributed by atoms with van der Waals surface area (Å²) < 4.78 is 5.15. The molecule has 1 amide bonds. The number of hydrogen-bond donors (Lipinski definition) is 1. The van der Waals surface area contributed by atoms with E-state index in [9.17, 15) is 9.59 Å². The molecule has 1 atom stereocenters. The Balaban J connectivity index is 1.83. The maximum absolute atomic E-state index is 12.1. The Morgan fingerprint density at radius 1 is 1.37 bits per heavy atom. The molecule has 1 heterocycles. The Bertz CT molecular complexity index is 468. The van der Waals surface area contributed by atoms with Gasteiger partial charge in [-0.15, -0.1) is 0 Å². The van der Waals surface area contributed by atoms with E-state index in [4.69, 9.17) is 4.74 Å². The molecule has 0 saturated carbocycles. The van der Waals surface area contributed by atoms with Crippen molar-refractivity contribution in [2.24, 2.45) is 5.92 Å². The summed E-state index contributed by atoms with van der Waals surface area (Å²) in [6, 6.07) is 9.97. The Morgan fingerprint density at radius 2 is 2.05 bits per heavy atom.